The Morgan fingerprint density at radius 3 is 2.82 bits per heavy atom. The van der Waals surface area contributed by atoms with E-state index in [0.717, 1.165) is 32.9 Å². The van der Waals surface area contributed by atoms with Gasteiger partial charge in [-0.05, 0) is 32.1 Å². The number of rotatable bonds is 8. The second kappa shape index (κ2) is 8.64. The molecule has 0 amide bonds. The quantitative estimate of drug-likeness (QED) is 0.237. The van der Waals surface area contributed by atoms with Crippen LogP contribution in [-0.4, -0.2) is 26.3 Å². The van der Waals surface area contributed by atoms with E-state index in [9.17, 15) is 0 Å². The van der Waals surface area contributed by atoms with Gasteiger partial charge in [0.25, 0.3) is 0 Å². The fraction of sp³-hybridized carbons (Fsp3) is 0.591. The first kappa shape index (κ1) is 20.0. The van der Waals surface area contributed by atoms with Crippen LogP contribution in [0.4, 0.5) is 0 Å². The molecule has 3 aromatic rings. The first-order chi connectivity index (χ1) is 13.6. The van der Waals surface area contributed by atoms with Crippen LogP contribution < -0.4 is 0 Å². The monoisotopic (exact) mass is 415 g/mol. The van der Waals surface area contributed by atoms with E-state index in [1.807, 2.05) is 11.8 Å². The van der Waals surface area contributed by atoms with Crippen LogP contribution in [0, 0.1) is 0 Å². The molecule has 4 nitrogen and oxygen atoms in total. The summed E-state index contributed by atoms with van der Waals surface area (Å²) in [5.41, 5.74) is 3.28. The van der Waals surface area contributed by atoms with E-state index in [4.69, 9.17) is 9.72 Å². The summed E-state index contributed by atoms with van der Waals surface area (Å²) in [5.74, 6) is 1.12. The van der Waals surface area contributed by atoms with Gasteiger partial charge in [0.1, 0.15) is 16.2 Å². The van der Waals surface area contributed by atoms with Gasteiger partial charge in [0.05, 0.1) is 28.1 Å². The van der Waals surface area contributed by atoms with Crippen molar-refractivity contribution in [3.8, 4) is 0 Å². The molecule has 4 heterocycles. The van der Waals surface area contributed by atoms with E-state index in [-0.39, 0.29) is 5.60 Å². The van der Waals surface area contributed by atoms with Gasteiger partial charge in [-0.2, -0.15) is 0 Å². The molecule has 1 aliphatic heterocycles. The maximum absolute atomic E-state index is 5.98. The van der Waals surface area contributed by atoms with Gasteiger partial charge < -0.3 is 4.74 Å². The molecule has 3 aromatic heterocycles. The van der Waals surface area contributed by atoms with Crippen LogP contribution in [-0.2, 0) is 17.8 Å². The Morgan fingerprint density at radius 2 is 1.96 bits per heavy atom. The Bertz CT molecular complexity index is 967. The fourth-order valence-corrected chi connectivity index (χ4v) is 5.93. The summed E-state index contributed by atoms with van der Waals surface area (Å²) in [5, 5.41) is 2.25. The molecule has 1 aliphatic rings. The van der Waals surface area contributed by atoms with Crippen LogP contribution in [0.2, 0.25) is 0 Å². The van der Waals surface area contributed by atoms with Crippen LogP contribution in [0.1, 0.15) is 70.6 Å². The summed E-state index contributed by atoms with van der Waals surface area (Å²) in [7, 11) is 0. The predicted molar refractivity (Wildman–Crippen MR) is 119 cm³/mol. The number of hydrogen-bond acceptors (Lipinski definition) is 6. The number of thioether (sulfide) groups is 1. The summed E-state index contributed by atoms with van der Waals surface area (Å²) in [6, 6.07) is 2.24. The van der Waals surface area contributed by atoms with E-state index in [1.54, 1.807) is 17.7 Å². The maximum Gasteiger partial charge on any atom is 0.126 e. The zero-order valence-electron chi connectivity index (χ0n) is 17.1. The van der Waals surface area contributed by atoms with Crippen molar-refractivity contribution in [2.24, 2.45) is 0 Å². The number of unbranched alkanes of at least 4 members (excludes halogenated alkanes) is 5. The van der Waals surface area contributed by atoms with Crippen LogP contribution in [0.25, 0.3) is 20.4 Å². The van der Waals surface area contributed by atoms with Gasteiger partial charge >= 0.3 is 0 Å². The second-order valence-electron chi connectivity index (χ2n) is 8.25. The fourth-order valence-electron chi connectivity index (χ4n) is 3.72. The van der Waals surface area contributed by atoms with Crippen LogP contribution in [0.3, 0.4) is 0 Å². The Labute approximate surface area is 175 Å². The van der Waals surface area contributed by atoms with Gasteiger partial charge in [-0.25, -0.2) is 15.0 Å². The number of aromatic nitrogens is 3. The average Bonchev–Trinajstić information content (AvgIpc) is 3.03. The molecule has 0 bridgehead atoms. The minimum Gasteiger partial charge on any atom is -0.370 e. The standard InChI is InChI=1S/C22H29N3OS2/c1-4-5-6-7-8-9-10-27-21-19-18(23-14-24-21)16-11-15-13-26-22(2,3)12-17(15)25-20(16)28-19/h11,14H,4-10,12-13H2,1-3H3. The Balaban J connectivity index is 1.53. The van der Waals surface area contributed by atoms with Crippen molar-refractivity contribution in [3.63, 3.8) is 0 Å². The van der Waals surface area contributed by atoms with Crippen LogP contribution in [0.15, 0.2) is 17.4 Å². The van der Waals surface area contributed by atoms with E-state index in [0.29, 0.717) is 6.61 Å². The molecule has 0 aliphatic carbocycles. The Morgan fingerprint density at radius 1 is 1.14 bits per heavy atom. The van der Waals surface area contributed by atoms with Crippen molar-refractivity contribution >= 4 is 43.5 Å². The minimum atomic E-state index is -0.137. The number of nitrogens with zero attached hydrogens (tertiary/aromatic N) is 3. The number of thiophene rings is 1. The number of fused-ring (bicyclic) bond motifs is 4. The molecule has 0 atom stereocenters. The van der Waals surface area contributed by atoms with E-state index >= 15 is 0 Å². The lowest BCUT2D eigenvalue weighted by molar-refractivity contribution is -0.0411. The third-order valence-corrected chi connectivity index (χ3v) is 7.63. The third kappa shape index (κ3) is 4.34. The molecular formula is C22H29N3OS2. The molecule has 28 heavy (non-hydrogen) atoms. The van der Waals surface area contributed by atoms with Crippen molar-refractivity contribution in [1.29, 1.82) is 0 Å². The van der Waals surface area contributed by atoms with Gasteiger partial charge in [-0.15, -0.1) is 23.1 Å². The molecule has 150 valence electrons. The predicted octanol–water partition coefficient (Wildman–Crippen LogP) is 6.54. The van der Waals surface area contributed by atoms with E-state index in [2.05, 4.69) is 36.8 Å². The SMILES string of the molecule is CCCCCCCCSc1ncnc2c1sc1nc3c(cc12)COC(C)(C)C3. The van der Waals surface area contributed by atoms with Crippen molar-refractivity contribution in [3.05, 3.63) is 23.7 Å². The molecule has 0 aromatic carbocycles. The third-order valence-electron chi connectivity index (χ3n) is 5.33. The lowest BCUT2D eigenvalue weighted by Gasteiger charge is -2.30. The Hall–Kier alpha value is -1.24. The van der Waals surface area contributed by atoms with Crippen LogP contribution >= 0.6 is 23.1 Å². The highest BCUT2D eigenvalue weighted by atomic mass is 32.2. The zero-order chi connectivity index (χ0) is 19.6. The zero-order valence-corrected chi connectivity index (χ0v) is 18.7. The van der Waals surface area contributed by atoms with E-state index < -0.39 is 0 Å². The molecule has 0 spiro atoms. The van der Waals surface area contributed by atoms with Gasteiger partial charge in [0.15, 0.2) is 0 Å². The molecule has 0 saturated carbocycles. The minimum absolute atomic E-state index is 0.137. The highest BCUT2D eigenvalue weighted by molar-refractivity contribution is 7.99. The summed E-state index contributed by atoms with van der Waals surface area (Å²) < 4.78 is 7.16. The summed E-state index contributed by atoms with van der Waals surface area (Å²) in [6.07, 6.45) is 10.5. The van der Waals surface area contributed by atoms with Crippen molar-refractivity contribution in [2.45, 2.75) is 83.0 Å². The molecule has 0 saturated heterocycles. The van der Waals surface area contributed by atoms with Gasteiger partial charge in [0, 0.05) is 17.4 Å². The van der Waals surface area contributed by atoms with Crippen molar-refractivity contribution in [2.75, 3.05) is 5.75 Å². The second-order valence-corrected chi connectivity index (χ2v) is 10.3. The molecule has 4 rings (SSSR count). The number of pyridine rings is 1. The smallest absolute Gasteiger partial charge is 0.126 e. The molecule has 0 fully saturated rings. The van der Waals surface area contributed by atoms with Crippen LogP contribution in [0.5, 0.6) is 0 Å². The molecule has 0 radical (unpaired) electrons. The Kier molecular flexibility index (Phi) is 6.18. The number of hydrogen-bond donors (Lipinski definition) is 0. The summed E-state index contributed by atoms with van der Waals surface area (Å²) >= 11 is 3.61. The largest absolute Gasteiger partial charge is 0.370 e. The molecule has 6 heteroatoms. The first-order valence-corrected chi connectivity index (χ1v) is 12.2. The highest BCUT2D eigenvalue weighted by Gasteiger charge is 2.28. The maximum atomic E-state index is 5.98. The number of ether oxygens (including phenoxy) is 1. The lowest BCUT2D eigenvalue weighted by atomic mass is 9.95. The summed E-state index contributed by atoms with van der Waals surface area (Å²) in [6.45, 7) is 7.16. The topological polar surface area (TPSA) is 47.9 Å². The summed E-state index contributed by atoms with van der Waals surface area (Å²) in [4.78, 5) is 15.2. The van der Waals surface area contributed by atoms with Gasteiger partial charge in [-0.3, -0.25) is 0 Å². The molecule has 0 unspecified atom stereocenters. The normalized spacial score (nSPS) is 16.0. The van der Waals surface area contributed by atoms with Crippen molar-refractivity contribution in [1.82, 2.24) is 15.0 Å². The molecule has 0 N–H and O–H groups in total. The van der Waals surface area contributed by atoms with Gasteiger partial charge in [-0.1, -0.05) is 39.0 Å². The highest BCUT2D eigenvalue weighted by Crippen LogP contribution is 2.39. The first-order valence-electron chi connectivity index (χ1n) is 10.4. The average molecular weight is 416 g/mol. The van der Waals surface area contributed by atoms with E-state index in [1.165, 1.54) is 54.5 Å². The lowest BCUT2D eigenvalue weighted by Crippen LogP contribution is -2.32. The molecular weight excluding hydrogens is 386 g/mol. The van der Waals surface area contributed by atoms with Gasteiger partial charge in [0.2, 0.25) is 0 Å². The van der Waals surface area contributed by atoms with Crippen molar-refractivity contribution < 1.29 is 4.74 Å².